The number of carbonyl (C=O) groups is 2. The van der Waals surface area contributed by atoms with Crippen LogP contribution in [0, 0.1) is 5.92 Å². The highest BCUT2D eigenvalue weighted by molar-refractivity contribution is 6.09. The van der Waals surface area contributed by atoms with Crippen LogP contribution < -0.4 is 11.1 Å². The number of alkyl halides is 2. The number of amides is 1. The first kappa shape index (κ1) is 20.2. The second kappa shape index (κ2) is 9.54. The van der Waals surface area contributed by atoms with Gasteiger partial charge in [-0.05, 0) is 12.3 Å². The molecule has 0 bridgehead atoms. The number of rotatable bonds is 8. The number of carbonyl (C=O) groups excluding carboxylic acids is 2. The van der Waals surface area contributed by atoms with Gasteiger partial charge in [0.2, 0.25) is 5.78 Å². The van der Waals surface area contributed by atoms with Gasteiger partial charge in [-0.2, -0.15) is 8.78 Å². The topological polar surface area (TPSA) is 84.7 Å². The number of nitrogens with zero attached hydrogens (tertiary/aromatic N) is 1. The van der Waals surface area contributed by atoms with E-state index in [0.717, 1.165) is 32.1 Å². The van der Waals surface area contributed by atoms with Crippen LogP contribution in [0.3, 0.4) is 0 Å². The van der Waals surface area contributed by atoms with E-state index in [1.165, 1.54) is 0 Å². The second-order valence-corrected chi connectivity index (χ2v) is 6.99. The van der Waals surface area contributed by atoms with Crippen molar-refractivity contribution < 1.29 is 23.1 Å². The van der Waals surface area contributed by atoms with Crippen molar-refractivity contribution in [2.45, 2.75) is 50.5 Å². The molecule has 2 aliphatic rings. The van der Waals surface area contributed by atoms with Crippen molar-refractivity contribution in [3.8, 4) is 0 Å². The van der Waals surface area contributed by atoms with Gasteiger partial charge in [0, 0.05) is 26.2 Å². The summed E-state index contributed by atoms with van der Waals surface area (Å²) in [6.45, 7) is 3.12. The van der Waals surface area contributed by atoms with E-state index in [1.807, 2.05) is 4.90 Å². The Hall–Kier alpha value is -1.12. The molecule has 25 heavy (non-hydrogen) atoms. The Morgan fingerprint density at radius 1 is 1.20 bits per heavy atom. The molecule has 1 aliphatic heterocycles. The molecule has 6 nitrogen and oxygen atoms in total. The largest absolute Gasteiger partial charge is 0.383 e. The highest BCUT2D eigenvalue weighted by Gasteiger charge is 2.49. The van der Waals surface area contributed by atoms with Gasteiger partial charge < -0.3 is 15.8 Å². The first-order valence-corrected chi connectivity index (χ1v) is 9.17. The maximum Gasteiger partial charge on any atom is 0.383 e. The quantitative estimate of drug-likeness (QED) is 0.629. The third-order valence-corrected chi connectivity index (χ3v) is 5.06. The van der Waals surface area contributed by atoms with Gasteiger partial charge in [-0.15, -0.1) is 0 Å². The Labute approximate surface area is 147 Å². The maximum absolute atomic E-state index is 14.1. The Kier molecular flexibility index (Phi) is 7.71. The molecular weight excluding hydrogens is 332 g/mol. The average Bonchev–Trinajstić information content (AvgIpc) is 2.62. The molecule has 1 saturated heterocycles. The van der Waals surface area contributed by atoms with E-state index in [9.17, 15) is 18.4 Å². The van der Waals surface area contributed by atoms with E-state index in [1.54, 1.807) is 0 Å². The molecule has 144 valence electrons. The van der Waals surface area contributed by atoms with E-state index < -0.39 is 23.7 Å². The van der Waals surface area contributed by atoms with Crippen molar-refractivity contribution in [1.82, 2.24) is 10.2 Å². The molecule has 2 rings (SSSR count). The molecule has 1 atom stereocenters. The fourth-order valence-electron chi connectivity index (χ4n) is 3.50. The predicted octanol–water partition coefficient (Wildman–Crippen LogP) is 0.937. The van der Waals surface area contributed by atoms with Gasteiger partial charge in [-0.25, -0.2) is 0 Å². The molecule has 1 saturated carbocycles. The van der Waals surface area contributed by atoms with E-state index in [2.05, 4.69) is 5.32 Å². The number of nitrogens with one attached hydrogen (secondary N) is 1. The highest BCUT2D eigenvalue weighted by atomic mass is 19.3. The molecule has 8 heteroatoms. The number of nitrogens with two attached hydrogens (primary N) is 1. The van der Waals surface area contributed by atoms with Crippen LogP contribution in [-0.2, 0) is 14.3 Å². The Morgan fingerprint density at radius 3 is 2.48 bits per heavy atom. The molecule has 0 radical (unpaired) electrons. The minimum absolute atomic E-state index is 0.0690. The number of hydrogen-bond acceptors (Lipinski definition) is 5. The summed E-state index contributed by atoms with van der Waals surface area (Å²) in [4.78, 5) is 25.8. The van der Waals surface area contributed by atoms with E-state index >= 15 is 0 Å². The summed E-state index contributed by atoms with van der Waals surface area (Å²) in [5.41, 5.74) is 5.69. The smallest absolute Gasteiger partial charge is 0.379 e. The number of Topliss-reactive ketones (excluding diaryl/α,β-unsaturated/α-hetero) is 1. The summed E-state index contributed by atoms with van der Waals surface area (Å²) in [6.07, 6.45) is 5.29. The lowest BCUT2D eigenvalue weighted by Crippen LogP contribution is -2.53. The first-order chi connectivity index (χ1) is 11.9. The third-order valence-electron chi connectivity index (χ3n) is 5.06. The molecular formula is C17H29F2N3O3. The molecule has 0 spiro atoms. The highest BCUT2D eigenvalue weighted by Crippen LogP contribution is 2.28. The zero-order valence-corrected chi connectivity index (χ0v) is 14.6. The summed E-state index contributed by atoms with van der Waals surface area (Å²) < 4.78 is 33.4. The average molecular weight is 361 g/mol. The van der Waals surface area contributed by atoms with Gasteiger partial charge in [0.25, 0.3) is 5.91 Å². The Balaban J connectivity index is 1.76. The van der Waals surface area contributed by atoms with Crippen LogP contribution in [-0.4, -0.2) is 67.9 Å². The second-order valence-electron chi connectivity index (χ2n) is 6.99. The normalized spacial score (nSPS) is 21.7. The fourth-order valence-corrected chi connectivity index (χ4v) is 3.50. The number of ketones is 1. The van der Waals surface area contributed by atoms with Crippen molar-refractivity contribution in [3.05, 3.63) is 0 Å². The van der Waals surface area contributed by atoms with Crippen molar-refractivity contribution in [2.75, 3.05) is 39.4 Å². The third kappa shape index (κ3) is 5.97. The van der Waals surface area contributed by atoms with Gasteiger partial charge >= 0.3 is 5.92 Å². The number of halogens is 2. The van der Waals surface area contributed by atoms with Crippen molar-refractivity contribution >= 4 is 11.7 Å². The molecule has 1 amide bonds. The Morgan fingerprint density at radius 2 is 1.84 bits per heavy atom. The molecule has 0 aromatic carbocycles. The van der Waals surface area contributed by atoms with Crippen LogP contribution in [0.4, 0.5) is 8.78 Å². The zero-order chi connectivity index (χ0) is 18.3. The van der Waals surface area contributed by atoms with Crippen molar-refractivity contribution in [3.63, 3.8) is 0 Å². The lowest BCUT2D eigenvalue weighted by molar-refractivity contribution is -0.159. The van der Waals surface area contributed by atoms with Crippen LogP contribution in [0.2, 0.25) is 0 Å². The van der Waals surface area contributed by atoms with Gasteiger partial charge in [0.15, 0.2) is 0 Å². The van der Waals surface area contributed by atoms with Crippen molar-refractivity contribution in [1.29, 1.82) is 0 Å². The SMILES string of the molecule is N[C@@H](CC1CCCCC1)C(=O)C(F)(F)C(=O)NCCN1CCOCC1. The molecule has 2 fully saturated rings. The van der Waals surface area contributed by atoms with E-state index in [0.29, 0.717) is 32.8 Å². The summed E-state index contributed by atoms with van der Waals surface area (Å²) >= 11 is 0. The summed E-state index contributed by atoms with van der Waals surface area (Å²) in [6, 6.07) is -1.29. The monoisotopic (exact) mass is 361 g/mol. The molecule has 1 aliphatic carbocycles. The van der Waals surface area contributed by atoms with Gasteiger partial charge in [0.05, 0.1) is 19.3 Å². The minimum Gasteiger partial charge on any atom is -0.379 e. The lowest BCUT2D eigenvalue weighted by Gasteiger charge is -2.27. The maximum atomic E-state index is 14.1. The summed E-state index contributed by atoms with van der Waals surface area (Å²) in [5, 5.41) is 2.16. The zero-order valence-electron chi connectivity index (χ0n) is 14.6. The van der Waals surface area contributed by atoms with Gasteiger partial charge in [-0.1, -0.05) is 32.1 Å². The molecule has 3 N–H and O–H groups in total. The molecule has 0 aromatic rings. The van der Waals surface area contributed by atoms with Crippen LogP contribution in [0.25, 0.3) is 0 Å². The van der Waals surface area contributed by atoms with Gasteiger partial charge in [0.1, 0.15) is 0 Å². The standard InChI is InChI=1S/C17H29F2N3O3/c18-17(19,15(23)14(20)12-13-4-2-1-3-5-13)16(24)21-6-7-22-8-10-25-11-9-22/h13-14H,1-12,20H2,(H,21,24)/t14-/m0/s1. The summed E-state index contributed by atoms with van der Waals surface area (Å²) in [5.74, 6) is -6.89. The predicted molar refractivity (Wildman–Crippen MR) is 89.4 cm³/mol. The van der Waals surface area contributed by atoms with E-state index in [4.69, 9.17) is 10.5 Å². The molecule has 0 unspecified atom stereocenters. The van der Waals surface area contributed by atoms with Gasteiger partial charge in [-0.3, -0.25) is 14.5 Å². The molecule has 1 heterocycles. The van der Waals surface area contributed by atoms with Crippen molar-refractivity contribution in [2.24, 2.45) is 11.7 Å². The number of ether oxygens (including phenoxy) is 1. The van der Waals surface area contributed by atoms with Crippen LogP contribution in [0.1, 0.15) is 38.5 Å². The lowest BCUT2D eigenvalue weighted by atomic mass is 9.83. The van der Waals surface area contributed by atoms with Crippen LogP contribution in [0.15, 0.2) is 0 Å². The number of hydrogen-bond donors (Lipinski definition) is 2. The molecule has 0 aromatic heterocycles. The van der Waals surface area contributed by atoms with Crippen LogP contribution >= 0.6 is 0 Å². The number of morpholine rings is 1. The minimum atomic E-state index is -4.07. The first-order valence-electron chi connectivity index (χ1n) is 9.17. The fraction of sp³-hybridized carbons (Fsp3) is 0.882. The summed E-state index contributed by atoms with van der Waals surface area (Å²) in [7, 11) is 0. The van der Waals surface area contributed by atoms with E-state index in [-0.39, 0.29) is 18.9 Å². The Bertz CT molecular complexity index is 450. The van der Waals surface area contributed by atoms with Crippen LogP contribution in [0.5, 0.6) is 0 Å².